The second-order valence-corrected chi connectivity index (χ2v) is 4.16. The number of aromatic nitrogens is 1. The van der Waals surface area contributed by atoms with Gasteiger partial charge in [-0.1, -0.05) is 35.9 Å². The zero-order valence-corrected chi connectivity index (χ0v) is 9.70. The first-order valence-electron chi connectivity index (χ1n) is 5.33. The van der Waals surface area contributed by atoms with Crippen LogP contribution in [0.2, 0.25) is 5.15 Å². The van der Waals surface area contributed by atoms with E-state index in [2.05, 4.69) is 15.3 Å². The fraction of sp³-hybridized carbons (Fsp3) is 0.167. The summed E-state index contributed by atoms with van der Waals surface area (Å²) >= 11 is 6.11. The topological polar surface area (TPSA) is 57.5 Å². The van der Waals surface area contributed by atoms with Gasteiger partial charge in [0.1, 0.15) is 10.8 Å². The average Bonchev–Trinajstić information content (AvgIpc) is 2.87. The minimum atomic E-state index is 0.123. The van der Waals surface area contributed by atoms with Crippen LogP contribution in [0.25, 0.3) is 10.8 Å². The number of pyridine rings is 1. The van der Waals surface area contributed by atoms with Crippen LogP contribution in [0.4, 0.5) is 0 Å². The van der Waals surface area contributed by atoms with Crippen molar-refractivity contribution < 1.29 is 5.11 Å². The van der Waals surface area contributed by atoms with Gasteiger partial charge in [-0.25, -0.2) is 4.98 Å². The molecule has 0 saturated carbocycles. The van der Waals surface area contributed by atoms with E-state index in [1.54, 1.807) is 0 Å². The molecule has 2 heterocycles. The molecule has 17 heavy (non-hydrogen) atoms. The molecule has 1 aromatic heterocycles. The van der Waals surface area contributed by atoms with Crippen LogP contribution in [-0.4, -0.2) is 29.0 Å². The van der Waals surface area contributed by atoms with Crippen LogP contribution in [0.5, 0.6) is 5.75 Å². The third kappa shape index (κ3) is 1.61. The van der Waals surface area contributed by atoms with Crippen molar-refractivity contribution in [1.82, 2.24) is 10.3 Å². The van der Waals surface area contributed by atoms with Crippen molar-refractivity contribution >= 4 is 28.2 Å². The normalized spacial score (nSPS) is 14.8. The van der Waals surface area contributed by atoms with Gasteiger partial charge in [0.25, 0.3) is 0 Å². The number of benzene rings is 1. The van der Waals surface area contributed by atoms with Gasteiger partial charge in [0, 0.05) is 17.3 Å². The summed E-state index contributed by atoms with van der Waals surface area (Å²) in [4.78, 5) is 8.44. The summed E-state index contributed by atoms with van der Waals surface area (Å²) in [6.45, 7) is 1.46. The molecule has 86 valence electrons. The van der Waals surface area contributed by atoms with E-state index >= 15 is 0 Å². The van der Waals surface area contributed by atoms with Crippen molar-refractivity contribution in [1.29, 1.82) is 0 Å². The molecule has 0 saturated heterocycles. The van der Waals surface area contributed by atoms with Gasteiger partial charge in [0.15, 0.2) is 11.6 Å². The lowest BCUT2D eigenvalue weighted by Crippen LogP contribution is -2.20. The molecule has 1 aliphatic heterocycles. The molecule has 2 N–H and O–H groups in total. The van der Waals surface area contributed by atoms with Crippen LogP contribution in [0.15, 0.2) is 29.3 Å². The number of aliphatic imine (C=N–C) groups is 1. The number of amidine groups is 1. The van der Waals surface area contributed by atoms with Gasteiger partial charge >= 0.3 is 0 Å². The second-order valence-electron chi connectivity index (χ2n) is 3.80. The largest absolute Gasteiger partial charge is 0.505 e. The Bertz CT molecular complexity index is 624. The molecule has 0 unspecified atom stereocenters. The molecule has 1 aromatic carbocycles. The standard InChI is InChI=1S/C12H10ClN3O/c13-11-8-4-2-1-3-7(8)10(17)9(16-11)12-14-5-6-15-12/h1-4,17H,5-6H2,(H,14,15). The first-order chi connectivity index (χ1) is 8.27. The zero-order valence-electron chi connectivity index (χ0n) is 8.94. The molecule has 0 bridgehead atoms. The summed E-state index contributed by atoms with van der Waals surface area (Å²) in [6, 6.07) is 7.36. The predicted molar refractivity (Wildman–Crippen MR) is 67.8 cm³/mol. The van der Waals surface area contributed by atoms with Crippen LogP contribution < -0.4 is 5.32 Å². The fourth-order valence-electron chi connectivity index (χ4n) is 1.93. The summed E-state index contributed by atoms with van der Waals surface area (Å²) < 4.78 is 0. The highest BCUT2D eigenvalue weighted by Gasteiger charge is 2.18. The average molecular weight is 248 g/mol. The van der Waals surface area contributed by atoms with Crippen LogP contribution >= 0.6 is 11.6 Å². The van der Waals surface area contributed by atoms with Crippen molar-refractivity contribution in [2.24, 2.45) is 4.99 Å². The van der Waals surface area contributed by atoms with Gasteiger partial charge in [-0.15, -0.1) is 0 Å². The van der Waals surface area contributed by atoms with Crippen molar-refractivity contribution in [2.75, 3.05) is 13.1 Å². The number of rotatable bonds is 1. The van der Waals surface area contributed by atoms with Crippen LogP contribution in [-0.2, 0) is 0 Å². The molecule has 1 aliphatic rings. The molecule has 3 rings (SSSR count). The monoisotopic (exact) mass is 247 g/mol. The van der Waals surface area contributed by atoms with E-state index in [0.717, 1.165) is 11.9 Å². The first-order valence-corrected chi connectivity index (χ1v) is 5.71. The van der Waals surface area contributed by atoms with E-state index in [1.807, 2.05) is 24.3 Å². The summed E-state index contributed by atoms with van der Waals surface area (Å²) in [5.41, 5.74) is 0.422. The Labute approximate surface area is 103 Å². The smallest absolute Gasteiger partial charge is 0.152 e. The number of hydrogen-bond acceptors (Lipinski definition) is 4. The Hall–Kier alpha value is -1.81. The number of hydrogen-bond donors (Lipinski definition) is 2. The molecular formula is C12H10ClN3O. The SMILES string of the molecule is Oc1c(C2=NCCN2)nc(Cl)c2ccccc12. The quantitative estimate of drug-likeness (QED) is 0.758. The molecule has 0 atom stereocenters. The Morgan fingerprint density at radius 2 is 2.00 bits per heavy atom. The maximum absolute atomic E-state index is 10.2. The van der Waals surface area contributed by atoms with Crippen molar-refractivity contribution in [3.8, 4) is 5.75 Å². The molecule has 0 radical (unpaired) electrons. The van der Waals surface area contributed by atoms with Gasteiger partial charge in [-0.2, -0.15) is 0 Å². The highest BCUT2D eigenvalue weighted by molar-refractivity contribution is 6.35. The second kappa shape index (κ2) is 3.89. The molecule has 0 aliphatic carbocycles. The number of nitrogens with one attached hydrogen (secondary N) is 1. The van der Waals surface area contributed by atoms with Crippen molar-refractivity contribution in [2.45, 2.75) is 0 Å². The third-order valence-electron chi connectivity index (χ3n) is 2.74. The number of fused-ring (bicyclic) bond motifs is 1. The predicted octanol–water partition coefficient (Wildman–Crippen LogP) is 1.94. The zero-order chi connectivity index (χ0) is 11.8. The van der Waals surface area contributed by atoms with Crippen LogP contribution in [0, 0.1) is 0 Å². The van der Waals surface area contributed by atoms with E-state index in [4.69, 9.17) is 11.6 Å². The van der Waals surface area contributed by atoms with E-state index in [9.17, 15) is 5.11 Å². The van der Waals surface area contributed by atoms with Gasteiger partial charge < -0.3 is 10.4 Å². The molecule has 0 spiro atoms. The number of halogens is 1. The van der Waals surface area contributed by atoms with E-state index in [0.29, 0.717) is 28.6 Å². The summed E-state index contributed by atoms with van der Waals surface area (Å²) in [7, 11) is 0. The van der Waals surface area contributed by atoms with Crippen LogP contribution in [0.3, 0.4) is 0 Å². The van der Waals surface area contributed by atoms with Gasteiger partial charge in [0.05, 0.1) is 6.54 Å². The molecular weight excluding hydrogens is 238 g/mol. The van der Waals surface area contributed by atoms with Crippen molar-refractivity contribution in [3.63, 3.8) is 0 Å². The third-order valence-corrected chi connectivity index (χ3v) is 3.03. The molecule has 4 nitrogen and oxygen atoms in total. The molecule has 5 heteroatoms. The van der Waals surface area contributed by atoms with Gasteiger partial charge in [0.2, 0.25) is 0 Å². The van der Waals surface area contributed by atoms with Gasteiger partial charge in [-0.05, 0) is 0 Å². The Morgan fingerprint density at radius 3 is 2.71 bits per heavy atom. The van der Waals surface area contributed by atoms with Crippen LogP contribution in [0.1, 0.15) is 5.69 Å². The molecule has 2 aromatic rings. The maximum atomic E-state index is 10.2. The first kappa shape index (κ1) is 10.4. The Balaban J connectivity index is 2.30. The molecule has 0 amide bonds. The Morgan fingerprint density at radius 1 is 1.24 bits per heavy atom. The van der Waals surface area contributed by atoms with E-state index in [1.165, 1.54) is 0 Å². The highest BCUT2D eigenvalue weighted by Crippen LogP contribution is 2.31. The summed E-state index contributed by atoms with van der Waals surface area (Å²) in [6.07, 6.45) is 0. The Kier molecular flexibility index (Phi) is 2.37. The lowest BCUT2D eigenvalue weighted by atomic mass is 10.1. The summed E-state index contributed by atoms with van der Waals surface area (Å²) in [5, 5.41) is 15.1. The lowest BCUT2D eigenvalue weighted by Gasteiger charge is -2.08. The van der Waals surface area contributed by atoms with Crippen molar-refractivity contribution in [3.05, 3.63) is 35.1 Å². The minimum absolute atomic E-state index is 0.123. The number of aromatic hydroxyl groups is 1. The maximum Gasteiger partial charge on any atom is 0.152 e. The summed E-state index contributed by atoms with van der Waals surface area (Å²) in [5.74, 6) is 0.730. The van der Waals surface area contributed by atoms with E-state index in [-0.39, 0.29) is 5.75 Å². The van der Waals surface area contributed by atoms with Gasteiger partial charge in [-0.3, -0.25) is 4.99 Å². The lowest BCUT2D eigenvalue weighted by molar-refractivity contribution is 0.477. The molecule has 0 fully saturated rings. The minimum Gasteiger partial charge on any atom is -0.505 e. The highest BCUT2D eigenvalue weighted by atomic mass is 35.5. The number of nitrogens with zero attached hydrogens (tertiary/aromatic N) is 2. The fourth-order valence-corrected chi connectivity index (χ4v) is 2.18. The van der Waals surface area contributed by atoms with E-state index < -0.39 is 0 Å².